The Kier molecular flexibility index (Phi) is 6.60. The van der Waals surface area contributed by atoms with E-state index in [0.717, 1.165) is 11.5 Å². The Balaban J connectivity index is 1.71. The molecule has 2 aromatic carbocycles. The molecule has 0 spiro atoms. The van der Waals surface area contributed by atoms with Crippen molar-refractivity contribution >= 4 is 46.6 Å². The maximum Gasteiger partial charge on any atom is 0.323 e. The molecule has 0 saturated heterocycles. The Hall–Kier alpha value is -3.92. The molecule has 1 heterocycles. The van der Waals surface area contributed by atoms with E-state index in [0.29, 0.717) is 21.8 Å². The number of urea groups is 1. The maximum absolute atomic E-state index is 12.1. The normalized spacial score (nSPS) is 10.3. The summed E-state index contributed by atoms with van der Waals surface area (Å²) in [6.45, 7) is 0.123. The van der Waals surface area contributed by atoms with E-state index in [1.54, 1.807) is 36.4 Å². The Labute approximate surface area is 176 Å². The van der Waals surface area contributed by atoms with Gasteiger partial charge in [0, 0.05) is 17.9 Å². The summed E-state index contributed by atoms with van der Waals surface area (Å²) >= 11 is 1.08. The van der Waals surface area contributed by atoms with Gasteiger partial charge in [-0.1, -0.05) is 30.3 Å². The molecule has 0 unspecified atom stereocenters. The van der Waals surface area contributed by atoms with Gasteiger partial charge < -0.3 is 26.8 Å². The summed E-state index contributed by atoms with van der Waals surface area (Å²) in [6, 6.07) is 15.5. The average molecular weight is 425 g/mol. The van der Waals surface area contributed by atoms with Crippen LogP contribution in [0, 0.1) is 0 Å². The van der Waals surface area contributed by atoms with Crippen LogP contribution in [0.1, 0.15) is 16.8 Å². The molecular formula is C20H19N5O4S. The molecule has 0 aliphatic rings. The maximum atomic E-state index is 12.1. The van der Waals surface area contributed by atoms with Gasteiger partial charge >= 0.3 is 12.0 Å². The quantitative estimate of drug-likeness (QED) is 0.374. The third kappa shape index (κ3) is 5.32. The monoisotopic (exact) mass is 425 g/mol. The minimum Gasteiger partial charge on any atom is -0.481 e. The Bertz CT molecular complexity index is 1050. The van der Waals surface area contributed by atoms with E-state index < -0.39 is 11.9 Å². The summed E-state index contributed by atoms with van der Waals surface area (Å²) in [5.41, 5.74) is 7.64. The number of carboxylic acid groups (broad SMARTS) is 1. The van der Waals surface area contributed by atoms with Crippen molar-refractivity contribution in [2.75, 3.05) is 22.5 Å². The van der Waals surface area contributed by atoms with Crippen molar-refractivity contribution in [2.45, 2.75) is 6.42 Å². The van der Waals surface area contributed by atoms with Gasteiger partial charge in [-0.3, -0.25) is 9.59 Å². The van der Waals surface area contributed by atoms with Crippen molar-refractivity contribution in [3.05, 3.63) is 60.2 Å². The predicted octanol–water partition coefficient (Wildman–Crippen LogP) is 3.44. The third-order valence-corrected chi connectivity index (χ3v) is 4.90. The molecule has 0 radical (unpaired) electrons. The number of aliphatic carboxylic acids is 1. The Morgan fingerprint density at radius 3 is 2.20 bits per heavy atom. The Morgan fingerprint density at radius 1 is 0.967 bits per heavy atom. The summed E-state index contributed by atoms with van der Waals surface area (Å²) in [5, 5.41) is 17.0. The highest BCUT2D eigenvalue weighted by Crippen LogP contribution is 2.33. The molecule has 9 nitrogen and oxygen atoms in total. The fourth-order valence-corrected chi connectivity index (χ4v) is 3.51. The topological polar surface area (TPSA) is 146 Å². The lowest BCUT2D eigenvalue weighted by Crippen LogP contribution is -2.19. The fraction of sp³-hybridized carbons (Fsp3) is 0.100. The molecule has 10 heteroatoms. The number of anilines is 3. The first kappa shape index (κ1) is 20.8. The van der Waals surface area contributed by atoms with Crippen molar-refractivity contribution in [3.8, 4) is 10.4 Å². The molecular weight excluding hydrogens is 406 g/mol. The number of nitrogens with zero attached hydrogens (tertiary/aromatic N) is 1. The van der Waals surface area contributed by atoms with E-state index >= 15 is 0 Å². The van der Waals surface area contributed by atoms with Crippen LogP contribution in [-0.2, 0) is 4.79 Å². The molecule has 1 aromatic heterocycles. The molecule has 0 aliphatic carbocycles. The van der Waals surface area contributed by atoms with Crippen molar-refractivity contribution < 1.29 is 19.5 Å². The molecule has 0 aliphatic heterocycles. The second-order valence-electron chi connectivity index (χ2n) is 6.19. The van der Waals surface area contributed by atoms with E-state index in [4.69, 9.17) is 10.8 Å². The van der Waals surface area contributed by atoms with E-state index in [9.17, 15) is 14.4 Å². The van der Waals surface area contributed by atoms with Gasteiger partial charge in [0.05, 0.1) is 11.3 Å². The second kappa shape index (κ2) is 9.52. The molecule has 6 N–H and O–H groups in total. The summed E-state index contributed by atoms with van der Waals surface area (Å²) in [4.78, 5) is 35.2. The number of hydrogen-bond acceptors (Lipinski definition) is 6. The van der Waals surface area contributed by atoms with E-state index in [2.05, 4.69) is 20.3 Å². The van der Waals surface area contributed by atoms with Crippen molar-refractivity contribution in [3.63, 3.8) is 0 Å². The first-order chi connectivity index (χ1) is 14.4. The van der Waals surface area contributed by atoms with Crippen molar-refractivity contribution in [1.82, 2.24) is 4.37 Å². The molecule has 0 atom stereocenters. The Morgan fingerprint density at radius 2 is 1.60 bits per heavy atom. The minimum atomic E-state index is -0.960. The molecule has 30 heavy (non-hydrogen) atoms. The molecule has 154 valence electrons. The highest BCUT2D eigenvalue weighted by molar-refractivity contribution is 7.10. The van der Waals surface area contributed by atoms with Crippen molar-refractivity contribution in [1.29, 1.82) is 0 Å². The second-order valence-corrected chi connectivity index (χ2v) is 6.97. The number of nitrogens with two attached hydrogens (primary N) is 1. The van der Waals surface area contributed by atoms with Crippen LogP contribution >= 0.6 is 11.5 Å². The van der Waals surface area contributed by atoms with Crippen LogP contribution < -0.4 is 21.7 Å². The standard InChI is InChI=1S/C20H19N5O4S/c21-18(28)16-17(30-25-19(16)22-11-10-15(26)27)12-6-8-14(9-7-12)24-20(29)23-13-4-2-1-3-5-13/h1-9H,10-11H2,(H2,21,28)(H,22,25)(H,26,27)(H2,23,24,29). The van der Waals surface area contributed by atoms with Gasteiger partial charge in [0.2, 0.25) is 0 Å². The third-order valence-electron chi connectivity index (χ3n) is 4.01. The number of hydrogen-bond donors (Lipinski definition) is 5. The lowest BCUT2D eigenvalue weighted by Gasteiger charge is -2.08. The molecule has 0 fully saturated rings. The number of para-hydroxylation sites is 1. The minimum absolute atomic E-state index is 0.115. The predicted molar refractivity (Wildman–Crippen MR) is 116 cm³/mol. The van der Waals surface area contributed by atoms with Gasteiger partial charge in [-0.15, -0.1) is 0 Å². The molecule has 0 saturated carbocycles. The smallest absolute Gasteiger partial charge is 0.323 e. The summed E-state index contributed by atoms with van der Waals surface area (Å²) in [7, 11) is 0. The van der Waals surface area contributed by atoms with Crippen LogP contribution in [0.5, 0.6) is 0 Å². The highest BCUT2D eigenvalue weighted by atomic mass is 32.1. The first-order valence-electron chi connectivity index (χ1n) is 8.92. The van der Waals surface area contributed by atoms with Crippen LogP contribution in [0.4, 0.5) is 22.0 Å². The number of benzene rings is 2. The van der Waals surface area contributed by atoms with Gasteiger partial charge in [-0.05, 0) is 41.4 Å². The number of carbonyl (C=O) groups is 3. The zero-order chi connectivity index (χ0) is 21.5. The SMILES string of the molecule is NC(=O)c1c(NCCC(=O)O)nsc1-c1ccc(NC(=O)Nc2ccccc2)cc1. The molecule has 3 rings (SSSR count). The fourth-order valence-electron chi connectivity index (χ4n) is 2.64. The van der Waals surface area contributed by atoms with Gasteiger partial charge in [0.1, 0.15) is 5.56 Å². The molecule has 0 bridgehead atoms. The van der Waals surface area contributed by atoms with Crippen LogP contribution in [-0.4, -0.2) is 33.9 Å². The zero-order valence-electron chi connectivity index (χ0n) is 15.7. The number of amides is 3. The summed E-state index contributed by atoms with van der Waals surface area (Å²) in [5.74, 6) is -1.37. The molecule has 3 aromatic rings. The number of rotatable bonds is 8. The van der Waals surface area contributed by atoms with E-state index in [1.807, 2.05) is 18.2 Å². The number of primary amides is 1. The van der Waals surface area contributed by atoms with Gasteiger partial charge in [-0.2, -0.15) is 4.37 Å². The lowest BCUT2D eigenvalue weighted by atomic mass is 10.1. The lowest BCUT2D eigenvalue weighted by molar-refractivity contribution is -0.136. The van der Waals surface area contributed by atoms with Crippen LogP contribution in [0.15, 0.2) is 54.6 Å². The summed E-state index contributed by atoms with van der Waals surface area (Å²) < 4.78 is 4.19. The van der Waals surface area contributed by atoms with Gasteiger partial charge in [-0.25, -0.2) is 4.79 Å². The van der Waals surface area contributed by atoms with Gasteiger partial charge in [0.25, 0.3) is 5.91 Å². The van der Waals surface area contributed by atoms with E-state index in [1.165, 1.54) is 0 Å². The zero-order valence-corrected chi connectivity index (χ0v) is 16.5. The number of nitrogens with one attached hydrogen (secondary N) is 3. The number of aromatic nitrogens is 1. The van der Waals surface area contributed by atoms with Crippen LogP contribution in [0.3, 0.4) is 0 Å². The number of carbonyl (C=O) groups excluding carboxylic acids is 2. The highest BCUT2D eigenvalue weighted by Gasteiger charge is 2.20. The van der Waals surface area contributed by atoms with Crippen LogP contribution in [0.25, 0.3) is 10.4 Å². The summed E-state index contributed by atoms with van der Waals surface area (Å²) in [6.07, 6.45) is -0.115. The largest absolute Gasteiger partial charge is 0.481 e. The van der Waals surface area contributed by atoms with Crippen LogP contribution in [0.2, 0.25) is 0 Å². The number of carboxylic acids is 1. The van der Waals surface area contributed by atoms with Gasteiger partial charge in [0.15, 0.2) is 5.82 Å². The van der Waals surface area contributed by atoms with E-state index in [-0.39, 0.29) is 30.4 Å². The molecule has 3 amide bonds. The van der Waals surface area contributed by atoms with Crippen molar-refractivity contribution in [2.24, 2.45) is 5.73 Å². The first-order valence-corrected chi connectivity index (χ1v) is 9.70. The average Bonchev–Trinajstić information content (AvgIpc) is 3.13.